The predicted molar refractivity (Wildman–Crippen MR) is 79.1 cm³/mol. The number of aromatic nitrogens is 1. The van der Waals surface area contributed by atoms with E-state index >= 15 is 0 Å². The molecule has 22 heavy (non-hydrogen) atoms. The topological polar surface area (TPSA) is 51.2 Å². The Bertz CT molecular complexity index is 712. The van der Waals surface area contributed by atoms with Gasteiger partial charge in [0.15, 0.2) is 11.6 Å². The molecule has 0 aliphatic carbocycles. The number of halogens is 2. The Morgan fingerprint density at radius 1 is 1.45 bits per heavy atom. The van der Waals surface area contributed by atoms with Gasteiger partial charge in [-0.3, -0.25) is 4.79 Å². The van der Waals surface area contributed by atoms with E-state index in [2.05, 4.69) is 10.3 Å². The van der Waals surface area contributed by atoms with Crippen molar-refractivity contribution < 1.29 is 18.3 Å². The molecule has 1 aliphatic heterocycles. The van der Waals surface area contributed by atoms with Gasteiger partial charge in [0.1, 0.15) is 16.0 Å². The third-order valence-electron chi connectivity index (χ3n) is 3.54. The first kappa shape index (κ1) is 15.1. The molecule has 2 aromatic rings. The van der Waals surface area contributed by atoms with Crippen LogP contribution in [-0.4, -0.2) is 17.5 Å². The maximum atomic E-state index is 13.5. The van der Waals surface area contributed by atoms with E-state index in [9.17, 15) is 13.6 Å². The number of benzene rings is 1. The first-order chi connectivity index (χ1) is 10.6. The molecule has 1 atom stereocenters. The Balaban J connectivity index is 1.76. The van der Waals surface area contributed by atoms with Crippen LogP contribution in [0.5, 0.6) is 0 Å². The summed E-state index contributed by atoms with van der Waals surface area (Å²) < 4.78 is 32.1. The third kappa shape index (κ3) is 2.86. The van der Waals surface area contributed by atoms with Gasteiger partial charge in [-0.25, -0.2) is 13.8 Å². The van der Waals surface area contributed by atoms with Gasteiger partial charge in [-0.15, -0.1) is 11.3 Å². The minimum Gasteiger partial charge on any atom is -0.371 e. The van der Waals surface area contributed by atoms with E-state index in [-0.39, 0.29) is 17.4 Å². The van der Waals surface area contributed by atoms with Gasteiger partial charge in [-0.2, -0.15) is 0 Å². The highest BCUT2D eigenvalue weighted by atomic mass is 32.1. The van der Waals surface area contributed by atoms with Crippen molar-refractivity contribution in [3.63, 3.8) is 0 Å². The number of thiazole rings is 1. The molecular formula is C15H14F2N2O2S. The van der Waals surface area contributed by atoms with Crippen LogP contribution in [0, 0.1) is 18.6 Å². The van der Waals surface area contributed by atoms with E-state index < -0.39 is 17.5 Å². The maximum Gasteiger partial charge on any atom is 0.267 e. The molecule has 1 aromatic heterocycles. The number of carbonyl (C=O) groups is 1. The molecule has 1 aliphatic rings. The summed E-state index contributed by atoms with van der Waals surface area (Å²) in [4.78, 5) is 16.8. The van der Waals surface area contributed by atoms with Crippen molar-refractivity contribution in [3.8, 4) is 0 Å². The minimum absolute atomic E-state index is 0.0449. The predicted octanol–water partition coefficient (Wildman–Crippen LogP) is 3.83. The minimum atomic E-state index is -0.956. The zero-order valence-electron chi connectivity index (χ0n) is 11.9. The number of nitrogens with zero attached hydrogens (tertiary/aromatic N) is 1. The van der Waals surface area contributed by atoms with Gasteiger partial charge in [0.2, 0.25) is 0 Å². The van der Waals surface area contributed by atoms with Crippen LogP contribution in [0.2, 0.25) is 0 Å². The lowest BCUT2D eigenvalue weighted by Crippen LogP contribution is -2.12. The molecule has 1 fully saturated rings. The Morgan fingerprint density at radius 2 is 2.27 bits per heavy atom. The van der Waals surface area contributed by atoms with Gasteiger partial charge in [-0.05, 0) is 31.9 Å². The summed E-state index contributed by atoms with van der Waals surface area (Å²) in [5.74, 6) is -2.29. The molecule has 2 heterocycles. The van der Waals surface area contributed by atoms with Gasteiger partial charge in [-0.1, -0.05) is 0 Å². The fraction of sp³-hybridized carbons (Fsp3) is 0.333. The van der Waals surface area contributed by atoms with Crippen molar-refractivity contribution >= 4 is 22.9 Å². The van der Waals surface area contributed by atoms with E-state index in [1.54, 1.807) is 0 Å². The highest BCUT2D eigenvalue weighted by molar-refractivity contribution is 7.13. The number of nitrogens with one attached hydrogen (secondary N) is 1. The van der Waals surface area contributed by atoms with Crippen molar-refractivity contribution in [2.75, 3.05) is 11.9 Å². The van der Waals surface area contributed by atoms with Crippen LogP contribution in [0.4, 0.5) is 14.5 Å². The Hall–Kier alpha value is -1.86. The largest absolute Gasteiger partial charge is 0.371 e. The Kier molecular flexibility index (Phi) is 4.17. The molecule has 0 spiro atoms. The molecule has 0 radical (unpaired) electrons. The number of ether oxygens (including phenoxy) is 1. The normalized spacial score (nSPS) is 17.7. The van der Waals surface area contributed by atoms with Crippen LogP contribution in [0.1, 0.15) is 39.2 Å². The standard InChI is InChI=1S/C15H14F2N2O2S/c1-8-10(5-4-9(16)13(8)17)19-14(20)12-7-18-15(22-12)11-3-2-6-21-11/h4-5,7,11H,2-3,6H2,1H3,(H,19,20). The Labute approximate surface area is 130 Å². The molecule has 1 N–H and O–H groups in total. The molecule has 0 saturated carbocycles. The van der Waals surface area contributed by atoms with E-state index in [4.69, 9.17) is 4.74 Å². The lowest BCUT2D eigenvalue weighted by atomic mass is 10.2. The van der Waals surface area contributed by atoms with Gasteiger partial charge in [0.05, 0.1) is 6.20 Å². The fourth-order valence-electron chi connectivity index (χ4n) is 2.29. The number of anilines is 1. The second-order valence-electron chi connectivity index (χ2n) is 5.05. The molecule has 4 nitrogen and oxygen atoms in total. The number of amides is 1. The van der Waals surface area contributed by atoms with Gasteiger partial charge in [0.25, 0.3) is 5.91 Å². The summed E-state index contributed by atoms with van der Waals surface area (Å²) in [5.41, 5.74) is 0.313. The molecule has 7 heteroatoms. The van der Waals surface area contributed by atoms with Crippen LogP contribution >= 0.6 is 11.3 Å². The SMILES string of the molecule is Cc1c(NC(=O)c2cnc(C3CCCO3)s2)ccc(F)c1F. The first-order valence-corrected chi connectivity index (χ1v) is 7.71. The molecule has 1 unspecified atom stereocenters. The quantitative estimate of drug-likeness (QED) is 0.933. The van der Waals surface area contributed by atoms with Gasteiger partial charge in [0, 0.05) is 17.9 Å². The average molecular weight is 324 g/mol. The molecule has 1 amide bonds. The highest BCUT2D eigenvalue weighted by Gasteiger charge is 2.22. The van der Waals surface area contributed by atoms with Crippen molar-refractivity contribution in [2.24, 2.45) is 0 Å². The second-order valence-corrected chi connectivity index (χ2v) is 6.11. The molecular weight excluding hydrogens is 310 g/mol. The summed E-state index contributed by atoms with van der Waals surface area (Å²) in [6.07, 6.45) is 3.32. The van der Waals surface area contributed by atoms with Crippen molar-refractivity contribution in [1.82, 2.24) is 4.98 Å². The summed E-state index contributed by atoms with van der Waals surface area (Å²) in [7, 11) is 0. The van der Waals surface area contributed by atoms with E-state index in [1.807, 2.05) is 0 Å². The van der Waals surface area contributed by atoms with Crippen LogP contribution in [-0.2, 0) is 4.74 Å². The van der Waals surface area contributed by atoms with Gasteiger partial charge >= 0.3 is 0 Å². The number of hydrogen-bond donors (Lipinski definition) is 1. The number of rotatable bonds is 3. The molecule has 116 valence electrons. The first-order valence-electron chi connectivity index (χ1n) is 6.89. The van der Waals surface area contributed by atoms with E-state index in [0.717, 1.165) is 23.9 Å². The second kappa shape index (κ2) is 6.10. The lowest BCUT2D eigenvalue weighted by Gasteiger charge is -2.08. The summed E-state index contributed by atoms with van der Waals surface area (Å²) >= 11 is 1.25. The number of carbonyl (C=O) groups excluding carboxylic acids is 1. The third-order valence-corrected chi connectivity index (χ3v) is 4.63. The van der Waals surface area contributed by atoms with Crippen molar-refractivity contribution in [2.45, 2.75) is 25.9 Å². The molecule has 1 saturated heterocycles. The molecule has 1 aromatic carbocycles. The smallest absolute Gasteiger partial charge is 0.267 e. The van der Waals surface area contributed by atoms with Crippen LogP contribution in [0.3, 0.4) is 0 Å². The zero-order chi connectivity index (χ0) is 15.7. The maximum absolute atomic E-state index is 13.5. The van der Waals surface area contributed by atoms with E-state index in [1.165, 1.54) is 30.5 Å². The summed E-state index contributed by atoms with van der Waals surface area (Å²) in [6, 6.07) is 2.33. The molecule has 0 bridgehead atoms. The van der Waals surface area contributed by atoms with Crippen molar-refractivity contribution in [3.05, 3.63) is 45.4 Å². The van der Waals surface area contributed by atoms with Crippen molar-refractivity contribution in [1.29, 1.82) is 0 Å². The van der Waals surface area contributed by atoms with Crippen LogP contribution in [0.25, 0.3) is 0 Å². The molecule has 3 rings (SSSR count). The number of hydrogen-bond acceptors (Lipinski definition) is 4. The monoisotopic (exact) mass is 324 g/mol. The zero-order valence-corrected chi connectivity index (χ0v) is 12.7. The van der Waals surface area contributed by atoms with Crippen LogP contribution in [0.15, 0.2) is 18.3 Å². The Morgan fingerprint density at radius 3 is 3.00 bits per heavy atom. The fourth-order valence-corrected chi connectivity index (χ4v) is 3.18. The average Bonchev–Trinajstić information content (AvgIpc) is 3.18. The van der Waals surface area contributed by atoms with E-state index in [0.29, 0.717) is 11.5 Å². The summed E-state index contributed by atoms with van der Waals surface area (Å²) in [5, 5.41) is 3.35. The highest BCUT2D eigenvalue weighted by Crippen LogP contribution is 2.31. The summed E-state index contributed by atoms with van der Waals surface area (Å²) in [6.45, 7) is 2.12. The van der Waals surface area contributed by atoms with Gasteiger partial charge < -0.3 is 10.1 Å². The lowest BCUT2D eigenvalue weighted by molar-refractivity contribution is 0.103. The van der Waals surface area contributed by atoms with Crippen LogP contribution < -0.4 is 5.32 Å².